The zero-order valence-electron chi connectivity index (χ0n) is 32.5. The molecule has 4 aliphatic heterocycles. The van der Waals surface area contributed by atoms with Crippen molar-refractivity contribution in [2.45, 2.75) is 37.3 Å². The van der Waals surface area contributed by atoms with Gasteiger partial charge in [-0.15, -0.1) is 0 Å². The van der Waals surface area contributed by atoms with Gasteiger partial charge in [0.25, 0.3) is 23.3 Å². The summed E-state index contributed by atoms with van der Waals surface area (Å²) in [5.41, 5.74) is 1.15. The van der Waals surface area contributed by atoms with Crippen LogP contribution in [0.2, 0.25) is 5.02 Å². The molecule has 1 unspecified atom stereocenters. The summed E-state index contributed by atoms with van der Waals surface area (Å²) in [6, 6.07) is 11.1. The number of nitrogens with one attached hydrogen (secondary N) is 3. The van der Waals surface area contributed by atoms with Crippen molar-refractivity contribution in [2.24, 2.45) is 7.05 Å². The molecule has 0 radical (unpaired) electrons. The first-order valence-electron chi connectivity index (χ1n) is 19.4. The molecule has 4 aromatic rings. The summed E-state index contributed by atoms with van der Waals surface area (Å²) >= 11 is 6.53. The number of hydrogen-bond acceptors (Lipinski definition) is 14. The lowest BCUT2D eigenvalue weighted by molar-refractivity contribution is -0.136. The number of hydrogen-bond donors (Lipinski definition) is 4. The molecule has 4 aliphatic rings. The van der Waals surface area contributed by atoms with Crippen molar-refractivity contribution in [3.8, 4) is 5.75 Å². The molecule has 18 nitrogen and oxygen atoms in total. The van der Waals surface area contributed by atoms with E-state index in [1.54, 1.807) is 37.4 Å². The van der Waals surface area contributed by atoms with Crippen LogP contribution in [0, 0.1) is 0 Å². The van der Waals surface area contributed by atoms with E-state index in [0.29, 0.717) is 97.7 Å². The van der Waals surface area contributed by atoms with E-state index in [0.717, 1.165) is 4.90 Å². The average molecular weight is 827 g/mol. The van der Waals surface area contributed by atoms with Crippen LogP contribution < -0.4 is 36.0 Å². The number of amides is 5. The van der Waals surface area contributed by atoms with Gasteiger partial charge in [-0.2, -0.15) is 4.98 Å². The van der Waals surface area contributed by atoms with E-state index in [1.165, 1.54) is 17.8 Å². The summed E-state index contributed by atoms with van der Waals surface area (Å²) in [4.78, 5) is 92.2. The van der Waals surface area contributed by atoms with Gasteiger partial charge in [0.05, 0.1) is 34.1 Å². The first-order valence-corrected chi connectivity index (χ1v) is 19.8. The fraction of sp³-hybridized carbons (Fsp3) is 0.400. The number of fused-ring (bicyclic) bond motifs is 2. The van der Waals surface area contributed by atoms with Crippen molar-refractivity contribution in [1.29, 1.82) is 0 Å². The van der Waals surface area contributed by atoms with Crippen LogP contribution in [0.3, 0.4) is 0 Å². The smallest absolute Gasteiger partial charge is 0.293 e. The Labute approximate surface area is 343 Å². The van der Waals surface area contributed by atoms with E-state index < -0.39 is 35.3 Å². The number of aromatic nitrogens is 3. The summed E-state index contributed by atoms with van der Waals surface area (Å²) < 4.78 is 6.94. The molecule has 3 saturated heterocycles. The Morgan fingerprint density at radius 1 is 1.00 bits per heavy atom. The summed E-state index contributed by atoms with van der Waals surface area (Å²) in [6.45, 7) is 3.57. The minimum absolute atomic E-state index is 0.0449. The molecule has 2 aromatic carbocycles. The number of piperazine rings is 1. The van der Waals surface area contributed by atoms with Crippen LogP contribution >= 0.6 is 11.6 Å². The first-order chi connectivity index (χ1) is 28.3. The number of pyridine rings is 1. The third-order valence-corrected chi connectivity index (χ3v) is 11.8. The van der Waals surface area contributed by atoms with Crippen LogP contribution in [0.4, 0.5) is 23.1 Å². The van der Waals surface area contributed by atoms with Crippen molar-refractivity contribution < 1.29 is 33.8 Å². The second-order valence-corrected chi connectivity index (χ2v) is 15.6. The standard InChI is InChI=1S/C40H43ClN10O8/c1-42-32(53)21-59-30-19-23-18-24(6-7-27(23)47(2)37(30)56)44-34-26(41)20-43-39(46-34)50-12-10-40(58,11-13-50)22-48-14-16-49(17-15-48)28-5-3-4-25-33(28)38(57)51(36(25)55)29-8-9-31(52)45-35(29)54/h3-7,18-20,29,58H,8-17,21-22H2,1-2H3,(H,42,53)(H,43,44,46)(H,45,52,54). The molecular weight excluding hydrogens is 784 g/mol. The van der Waals surface area contributed by atoms with E-state index in [-0.39, 0.29) is 47.8 Å². The Kier molecular flexibility index (Phi) is 10.7. The maximum absolute atomic E-state index is 13.7. The molecule has 3 fully saturated rings. The molecule has 4 N–H and O–H groups in total. The third-order valence-electron chi connectivity index (χ3n) is 11.5. The number of aryl methyl sites for hydroxylation is 1. The molecule has 5 amide bonds. The highest BCUT2D eigenvalue weighted by Gasteiger charge is 2.46. The minimum Gasteiger partial charge on any atom is -0.478 e. The van der Waals surface area contributed by atoms with Gasteiger partial charge >= 0.3 is 0 Å². The number of carbonyl (C=O) groups excluding carboxylic acids is 5. The molecule has 2 aromatic heterocycles. The second-order valence-electron chi connectivity index (χ2n) is 15.2. The highest BCUT2D eigenvalue weighted by atomic mass is 35.5. The zero-order valence-corrected chi connectivity index (χ0v) is 33.3. The number of rotatable bonds is 10. The molecule has 8 rings (SSSR count). The molecule has 0 aliphatic carbocycles. The van der Waals surface area contributed by atoms with Gasteiger partial charge in [-0.05, 0) is 55.7 Å². The van der Waals surface area contributed by atoms with Crippen LogP contribution in [-0.4, -0.2) is 130 Å². The van der Waals surface area contributed by atoms with Crippen molar-refractivity contribution in [2.75, 3.05) is 74.6 Å². The second kappa shape index (κ2) is 15.9. The Hall–Kier alpha value is -6.11. The van der Waals surface area contributed by atoms with Gasteiger partial charge in [0, 0.05) is 77.4 Å². The number of halogens is 1. The van der Waals surface area contributed by atoms with E-state index >= 15 is 0 Å². The van der Waals surface area contributed by atoms with E-state index in [4.69, 9.17) is 21.3 Å². The van der Waals surface area contributed by atoms with Gasteiger partial charge < -0.3 is 34.8 Å². The van der Waals surface area contributed by atoms with Gasteiger partial charge in [0.15, 0.2) is 18.2 Å². The van der Waals surface area contributed by atoms with Gasteiger partial charge in [-0.25, -0.2) is 4.98 Å². The highest BCUT2D eigenvalue weighted by Crippen LogP contribution is 2.36. The van der Waals surface area contributed by atoms with Gasteiger partial charge in [-0.1, -0.05) is 17.7 Å². The number of ether oxygens (including phenoxy) is 1. The maximum atomic E-state index is 13.7. The first kappa shape index (κ1) is 39.7. The average Bonchev–Trinajstić information content (AvgIpc) is 3.48. The minimum atomic E-state index is -1.03. The lowest BCUT2D eigenvalue weighted by Crippen LogP contribution is -2.55. The monoisotopic (exact) mass is 826 g/mol. The van der Waals surface area contributed by atoms with E-state index in [2.05, 4.69) is 30.7 Å². The van der Waals surface area contributed by atoms with E-state index in [1.807, 2.05) is 17.0 Å². The number of benzene rings is 2. The van der Waals surface area contributed by atoms with Crippen molar-refractivity contribution in [3.63, 3.8) is 0 Å². The number of nitrogens with zero attached hydrogens (tertiary/aromatic N) is 7. The van der Waals surface area contributed by atoms with Crippen molar-refractivity contribution in [1.82, 2.24) is 35.0 Å². The Morgan fingerprint density at radius 3 is 2.49 bits per heavy atom. The number of imide groups is 2. The van der Waals surface area contributed by atoms with Gasteiger partial charge in [-0.3, -0.25) is 43.9 Å². The van der Waals surface area contributed by atoms with Crippen LogP contribution in [0.5, 0.6) is 5.75 Å². The molecule has 0 spiro atoms. The van der Waals surface area contributed by atoms with Gasteiger partial charge in [0.1, 0.15) is 11.1 Å². The fourth-order valence-electron chi connectivity index (χ4n) is 8.19. The quantitative estimate of drug-likeness (QED) is 0.167. The summed E-state index contributed by atoms with van der Waals surface area (Å²) in [5.74, 6) is -1.61. The van der Waals surface area contributed by atoms with Gasteiger partial charge in [0.2, 0.25) is 17.8 Å². The largest absolute Gasteiger partial charge is 0.478 e. The van der Waals surface area contributed by atoms with Crippen molar-refractivity contribution >= 4 is 75.2 Å². The molecule has 59 heavy (non-hydrogen) atoms. The molecule has 308 valence electrons. The fourth-order valence-corrected chi connectivity index (χ4v) is 8.33. The molecule has 6 heterocycles. The van der Waals surface area contributed by atoms with Crippen LogP contribution in [0.25, 0.3) is 10.9 Å². The van der Waals surface area contributed by atoms with Crippen molar-refractivity contribution in [3.05, 3.63) is 75.2 Å². The summed E-state index contributed by atoms with van der Waals surface area (Å²) in [6.07, 6.45) is 2.64. The number of β-amino-alcohol motifs (C(OH)–C–C–N with tert-alkyl or cyclic N) is 1. The number of carbonyl (C=O) groups is 5. The number of aliphatic hydroxyl groups is 1. The molecular formula is C40H43ClN10O8. The van der Waals surface area contributed by atoms with Crippen LogP contribution in [0.15, 0.2) is 53.5 Å². The maximum Gasteiger partial charge on any atom is 0.293 e. The predicted molar refractivity (Wildman–Crippen MR) is 217 cm³/mol. The Morgan fingerprint density at radius 2 is 1.76 bits per heavy atom. The molecule has 0 saturated carbocycles. The predicted octanol–water partition coefficient (Wildman–Crippen LogP) is 1.41. The molecule has 1 atom stereocenters. The van der Waals surface area contributed by atoms with Crippen LogP contribution in [-0.2, 0) is 21.4 Å². The Balaban J connectivity index is 0.876. The van der Waals surface area contributed by atoms with Crippen LogP contribution in [0.1, 0.15) is 46.4 Å². The highest BCUT2D eigenvalue weighted by molar-refractivity contribution is 6.33. The number of likely N-dealkylation sites (N-methyl/N-ethyl adjacent to an activating group) is 1. The zero-order chi connectivity index (χ0) is 41.6. The number of piperidine rings is 2. The Bertz CT molecular complexity index is 2440. The molecule has 0 bridgehead atoms. The SMILES string of the molecule is CNC(=O)COc1cc2cc(Nc3nc(N4CCC(O)(CN5CCN(c6cccc7c6C(=O)N(C6CCC(=O)NC6=O)C7=O)CC5)CC4)ncc3Cl)ccc2n(C)c1=O. The molecule has 19 heteroatoms. The summed E-state index contributed by atoms with van der Waals surface area (Å²) in [7, 11) is 3.12. The topological polar surface area (TPSA) is 212 Å². The van der Waals surface area contributed by atoms with E-state index in [9.17, 15) is 33.9 Å². The summed E-state index contributed by atoms with van der Waals surface area (Å²) in [5, 5.41) is 20.7. The lowest BCUT2D eigenvalue weighted by Gasteiger charge is -2.43. The lowest BCUT2D eigenvalue weighted by atomic mass is 9.90. The third kappa shape index (κ3) is 7.77. The normalized spacial score (nSPS) is 19.5. The number of anilines is 4.